The average molecular weight is 391 g/mol. The Labute approximate surface area is 162 Å². The van der Waals surface area contributed by atoms with E-state index in [1.807, 2.05) is 36.0 Å². The first kappa shape index (κ1) is 19.5. The van der Waals surface area contributed by atoms with Crippen LogP contribution < -0.4 is 16.0 Å². The number of carbonyl (C=O) groups is 3. The zero-order valence-electron chi connectivity index (χ0n) is 15.1. The molecule has 3 rings (SSSR count). The van der Waals surface area contributed by atoms with Crippen molar-refractivity contribution in [2.24, 2.45) is 0 Å². The van der Waals surface area contributed by atoms with E-state index in [2.05, 4.69) is 16.0 Å². The molecule has 0 bridgehead atoms. The number of carbonyl (C=O) groups excluding carboxylic acids is 2. The van der Waals surface area contributed by atoms with Gasteiger partial charge in [-0.25, -0.2) is 4.79 Å². The van der Waals surface area contributed by atoms with Gasteiger partial charge in [0.1, 0.15) is 0 Å². The molecule has 8 heteroatoms. The molecule has 3 atom stereocenters. The Bertz CT molecular complexity index is 712. The van der Waals surface area contributed by atoms with E-state index in [0.29, 0.717) is 23.8 Å². The number of amides is 3. The van der Waals surface area contributed by atoms with Crippen molar-refractivity contribution in [2.75, 3.05) is 11.1 Å². The molecular weight excluding hydrogens is 366 g/mol. The maximum atomic E-state index is 12.1. The summed E-state index contributed by atoms with van der Waals surface area (Å²) in [6.45, 7) is 0. The van der Waals surface area contributed by atoms with Gasteiger partial charge in [-0.3, -0.25) is 9.59 Å². The SMILES string of the molecule is O=C(O)CCc1cccc(NC(=O)CCCC[C@@H]2SC[C@@H]3NC(=O)N[C@@H]32)c1. The minimum absolute atomic E-state index is 0.0295. The highest BCUT2D eigenvalue weighted by Crippen LogP contribution is 2.33. The van der Waals surface area contributed by atoms with Crippen LogP contribution >= 0.6 is 11.8 Å². The van der Waals surface area contributed by atoms with Gasteiger partial charge in [0.2, 0.25) is 5.91 Å². The summed E-state index contributed by atoms with van der Waals surface area (Å²) in [6, 6.07) is 7.71. The Morgan fingerprint density at radius 3 is 2.89 bits per heavy atom. The zero-order valence-corrected chi connectivity index (χ0v) is 15.9. The van der Waals surface area contributed by atoms with Gasteiger partial charge in [-0.1, -0.05) is 18.6 Å². The second-order valence-electron chi connectivity index (χ2n) is 7.01. The number of aliphatic carboxylic acids is 1. The Morgan fingerprint density at radius 1 is 1.22 bits per heavy atom. The van der Waals surface area contributed by atoms with Crippen LogP contribution in [0.15, 0.2) is 24.3 Å². The maximum Gasteiger partial charge on any atom is 0.315 e. The molecular formula is C19H25N3O4S. The summed E-state index contributed by atoms with van der Waals surface area (Å²) in [6.07, 6.45) is 3.73. The lowest BCUT2D eigenvalue weighted by atomic mass is 10.0. The van der Waals surface area contributed by atoms with Crippen LogP contribution in [-0.2, 0) is 16.0 Å². The van der Waals surface area contributed by atoms with Crippen LogP contribution in [0, 0.1) is 0 Å². The number of fused-ring (bicyclic) bond motifs is 1. The first-order valence-electron chi connectivity index (χ1n) is 9.30. The molecule has 0 spiro atoms. The van der Waals surface area contributed by atoms with Crippen molar-refractivity contribution in [3.8, 4) is 0 Å². The fourth-order valence-corrected chi connectivity index (χ4v) is 5.10. The van der Waals surface area contributed by atoms with Gasteiger partial charge in [0.15, 0.2) is 0 Å². The number of anilines is 1. The van der Waals surface area contributed by atoms with Crippen LogP contribution in [0.5, 0.6) is 0 Å². The molecule has 0 aliphatic carbocycles. The summed E-state index contributed by atoms with van der Waals surface area (Å²) in [7, 11) is 0. The van der Waals surface area contributed by atoms with E-state index < -0.39 is 5.97 Å². The lowest BCUT2D eigenvalue weighted by molar-refractivity contribution is -0.137. The number of rotatable bonds is 9. The topological polar surface area (TPSA) is 108 Å². The molecule has 2 aliphatic heterocycles. The first-order valence-corrected chi connectivity index (χ1v) is 10.4. The molecule has 2 fully saturated rings. The van der Waals surface area contributed by atoms with Crippen LogP contribution in [0.1, 0.15) is 37.7 Å². The van der Waals surface area contributed by atoms with Crippen LogP contribution in [-0.4, -0.2) is 46.1 Å². The van der Waals surface area contributed by atoms with Gasteiger partial charge >= 0.3 is 12.0 Å². The molecule has 0 saturated carbocycles. The van der Waals surface area contributed by atoms with Crippen LogP contribution in [0.3, 0.4) is 0 Å². The third-order valence-corrected chi connectivity index (χ3v) is 6.43. The number of benzene rings is 1. The van der Waals surface area contributed by atoms with Crippen molar-refractivity contribution in [1.82, 2.24) is 10.6 Å². The number of unbranched alkanes of at least 4 members (excludes halogenated alkanes) is 1. The summed E-state index contributed by atoms with van der Waals surface area (Å²) in [5, 5.41) is 18.0. The first-order chi connectivity index (χ1) is 13.0. The Hall–Kier alpha value is -2.22. The molecule has 0 unspecified atom stereocenters. The van der Waals surface area contributed by atoms with Crippen LogP contribution in [0.25, 0.3) is 0 Å². The minimum atomic E-state index is -0.830. The molecule has 7 nitrogen and oxygen atoms in total. The molecule has 1 aromatic carbocycles. The highest BCUT2D eigenvalue weighted by Gasteiger charge is 2.42. The highest BCUT2D eigenvalue weighted by molar-refractivity contribution is 8.00. The number of hydrogen-bond donors (Lipinski definition) is 4. The number of aryl methyl sites for hydroxylation is 1. The van der Waals surface area contributed by atoms with Gasteiger partial charge in [-0.2, -0.15) is 11.8 Å². The smallest absolute Gasteiger partial charge is 0.315 e. The van der Waals surface area contributed by atoms with E-state index in [9.17, 15) is 14.4 Å². The Morgan fingerprint density at radius 2 is 2.07 bits per heavy atom. The maximum absolute atomic E-state index is 12.1. The lowest BCUT2D eigenvalue weighted by Gasteiger charge is -2.16. The van der Waals surface area contributed by atoms with E-state index in [4.69, 9.17) is 5.11 Å². The van der Waals surface area contributed by atoms with Crippen molar-refractivity contribution < 1.29 is 19.5 Å². The fraction of sp³-hybridized carbons (Fsp3) is 0.526. The van der Waals surface area contributed by atoms with E-state index in [1.54, 1.807) is 0 Å². The van der Waals surface area contributed by atoms with Gasteiger partial charge < -0.3 is 21.1 Å². The molecule has 146 valence electrons. The molecule has 0 aromatic heterocycles. The largest absolute Gasteiger partial charge is 0.481 e. The van der Waals surface area contributed by atoms with E-state index in [0.717, 1.165) is 30.6 Å². The van der Waals surface area contributed by atoms with Gasteiger partial charge in [-0.05, 0) is 37.0 Å². The summed E-state index contributed by atoms with van der Waals surface area (Å²) in [5.41, 5.74) is 1.60. The quantitative estimate of drug-likeness (QED) is 0.382. The van der Waals surface area contributed by atoms with Crippen molar-refractivity contribution in [3.05, 3.63) is 29.8 Å². The Kier molecular flexibility index (Phi) is 6.60. The second-order valence-corrected chi connectivity index (χ2v) is 8.28. The number of carboxylic acid groups (broad SMARTS) is 1. The Balaban J connectivity index is 1.36. The molecule has 1 aromatic rings. The number of carboxylic acids is 1. The van der Waals surface area contributed by atoms with E-state index in [-0.39, 0.29) is 30.4 Å². The highest BCUT2D eigenvalue weighted by atomic mass is 32.2. The fourth-order valence-electron chi connectivity index (χ4n) is 3.55. The minimum Gasteiger partial charge on any atom is -0.481 e. The number of hydrogen-bond acceptors (Lipinski definition) is 4. The van der Waals surface area contributed by atoms with Crippen molar-refractivity contribution in [2.45, 2.75) is 55.9 Å². The molecule has 0 radical (unpaired) electrons. The molecule has 2 aliphatic rings. The molecule has 4 N–H and O–H groups in total. The van der Waals surface area contributed by atoms with Crippen molar-refractivity contribution in [1.29, 1.82) is 0 Å². The zero-order chi connectivity index (χ0) is 19.2. The summed E-state index contributed by atoms with van der Waals surface area (Å²) >= 11 is 1.89. The normalized spacial score (nSPS) is 23.4. The lowest BCUT2D eigenvalue weighted by Crippen LogP contribution is -2.36. The number of urea groups is 1. The third kappa shape index (κ3) is 5.63. The predicted molar refractivity (Wildman–Crippen MR) is 105 cm³/mol. The second kappa shape index (κ2) is 9.12. The molecule has 2 heterocycles. The molecule has 2 saturated heterocycles. The monoisotopic (exact) mass is 391 g/mol. The summed E-state index contributed by atoms with van der Waals surface area (Å²) < 4.78 is 0. The number of nitrogens with one attached hydrogen (secondary N) is 3. The standard InChI is InChI=1S/C19H25N3O4S/c23-16(20-13-5-3-4-12(10-13)8-9-17(24)25)7-2-1-6-15-18-14(11-27-15)21-19(26)22-18/h3-5,10,14-15,18H,1-2,6-9,11H2,(H,20,23)(H,24,25)(H2,21,22,26)/t14-,15-,18-/m0/s1. The van der Waals surface area contributed by atoms with Crippen LogP contribution in [0.2, 0.25) is 0 Å². The molecule has 3 amide bonds. The van der Waals surface area contributed by atoms with Gasteiger partial charge in [0.05, 0.1) is 12.1 Å². The molecule has 27 heavy (non-hydrogen) atoms. The average Bonchev–Trinajstić information content (AvgIpc) is 3.17. The van der Waals surface area contributed by atoms with Gasteiger partial charge in [-0.15, -0.1) is 0 Å². The summed E-state index contributed by atoms with van der Waals surface area (Å²) in [4.78, 5) is 34.2. The summed E-state index contributed by atoms with van der Waals surface area (Å²) in [5.74, 6) is 0.0922. The van der Waals surface area contributed by atoms with Crippen LogP contribution in [0.4, 0.5) is 10.5 Å². The van der Waals surface area contributed by atoms with Gasteiger partial charge in [0, 0.05) is 29.5 Å². The van der Waals surface area contributed by atoms with Crippen molar-refractivity contribution >= 4 is 35.4 Å². The van der Waals surface area contributed by atoms with E-state index >= 15 is 0 Å². The van der Waals surface area contributed by atoms with Gasteiger partial charge in [0.25, 0.3) is 0 Å². The number of thioether (sulfide) groups is 1. The predicted octanol–water partition coefficient (Wildman–Crippen LogP) is 2.37. The van der Waals surface area contributed by atoms with Crippen molar-refractivity contribution in [3.63, 3.8) is 0 Å². The third-order valence-electron chi connectivity index (χ3n) is 4.92. The van der Waals surface area contributed by atoms with E-state index in [1.165, 1.54) is 0 Å².